The molecule has 29 heavy (non-hydrogen) atoms. The third-order valence-corrected chi connectivity index (χ3v) is 4.26. The molecule has 0 unspecified atom stereocenters. The van der Waals surface area contributed by atoms with E-state index in [2.05, 4.69) is 5.32 Å². The molecule has 0 radical (unpaired) electrons. The SMILES string of the molecule is COc1ccc(OC)c([C@H](C)NC(=O)COC(=O)c2ccc(C)c([N+](=O)[O-])c2)c1. The van der Waals surface area contributed by atoms with Crippen LogP contribution in [0.3, 0.4) is 0 Å². The lowest BCUT2D eigenvalue weighted by molar-refractivity contribution is -0.385. The Morgan fingerprint density at radius 2 is 1.86 bits per heavy atom. The summed E-state index contributed by atoms with van der Waals surface area (Å²) in [7, 11) is 3.05. The van der Waals surface area contributed by atoms with Crippen LogP contribution in [-0.2, 0) is 9.53 Å². The van der Waals surface area contributed by atoms with Gasteiger partial charge in [0.25, 0.3) is 11.6 Å². The van der Waals surface area contributed by atoms with Crippen molar-refractivity contribution in [1.29, 1.82) is 0 Å². The second-order valence-corrected chi connectivity index (χ2v) is 6.23. The molecule has 154 valence electrons. The number of nitrogens with one attached hydrogen (secondary N) is 1. The lowest BCUT2D eigenvalue weighted by Gasteiger charge is -2.18. The fourth-order valence-corrected chi connectivity index (χ4v) is 2.69. The van der Waals surface area contributed by atoms with Crippen LogP contribution in [0.2, 0.25) is 0 Å². The van der Waals surface area contributed by atoms with Gasteiger partial charge in [-0.2, -0.15) is 0 Å². The van der Waals surface area contributed by atoms with E-state index in [-0.39, 0.29) is 11.3 Å². The van der Waals surface area contributed by atoms with Gasteiger partial charge in [-0.3, -0.25) is 14.9 Å². The highest BCUT2D eigenvalue weighted by molar-refractivity contribution is 5.92. The molecule has 1 amide bonds. The van der Waals surface area contributed by atoms with E-state index in [0.717, 1.165) is 6.07 Å². The molecule has 1 N–H and O–H groups in total. The first-order chi connectivity index (χ1) is 13.8. The molecule has 0 aliphatic carbocycles. The topological polar surface area (TPSA) is 117 Å². The van der Waals surface area contributed by atoms with Crippen LogP contribution in [0.15, 0.2) is 36.4 Å². The van der Waals surface area contributed by atoms with Crippen LogP contribution in [0.4, 0.5) is 5.69 Å². The van der Waals surface area contributed by atoms with Gasteiger partial charge in [-0.05, 0) is 38.1 Å². The summed E-state index contributed by atoms with van der Waals surface area (Å²) in [6, 6.07) is 8.74. The van der Waals surface area contributed by atoms with E-state index in [4.69, 9.17) is 14.2 Å². The summed E-state index contributed by atoms with van der Waals surface area (Å²) >= 11 is 0. The molecule has 0 spiro atoms. The van der Waals surface area contributed by atoms with Crippen molar-refractivity contribution in [3.63, 3.8) is 0 Å². The van der Waals surface area contributed by atoms with Gasteiger partial charge in [-0.25, -0.2) is 4.79 Å². The summed E-state index contributed by atoms with van der Waals surface area (Å²) in [5, 5.41) is 13.7. The molecule has 1 atom stereocenters. The predicted molar refractivity (Wildman–Crippen MR) is 104 cm³/mol. The van der Waals surface area contributed by atoms with Gasteiger partial charge in [0.05, 0.1) is 30.7 Å². The van der Waals surface area contributed by atoms with E-state index in [1.807, 2.05) is 0 Å². The van der Waals surface area contributed by atoms with Crippen LogP contribution >= 0.6 is 0 Å². The van der Waals surface area contributed by atoms with Crippen LogP contribution in [0.5, 0.6) is 11.5 Å². The number of esters is 1. The van der Waals surface area contributed by atoms with Crippen molar-refractivity contribution in [2.24, 2.45) is 0 Å². The van der Waals surface area contributed by atoms with Gasteiger partial charge in [0.1, 0.15) is 11.5 Å². The Labute approximate surface area is 167 Å². The Balaban J connectivity index is 2.00. The summed E-state index contributed by atoms with van der Waals surface area (Å²) in [5.74, 6) is -0.177. The number of nitro benzene ring substituents is 1. The molecule has 2 aromatic carbocycles. The number of nitrogens with zero attached hydrogens (tertiary/aromatic N) is 1. The Bertz CT molecular complexity index is 927. The van der Waals surface area contributed by atoms with E-state index in [1.165, 1.54) is 26.4 Å². The van der Waals surface area contributed by atoms with E-state index in [0.29, 0.717) is 22.6 Å². The van der Waals surface area contributed by atoms with Crippen molar-refractivity contribution in [2.75, 3.05) is 20.8 Å². The van der Waals surface area contributed by atoms with Crippen LogP contribution < -0.4 is 14.8 Å². The van der Waals surface area contributed by atoms with E-state index >= 15 is 0 Å². The number of nitro groups is 1. The lowest BCUT2D eigenvalue weighted by Crippen LogP contribution is -2.31. The summed E-state index contributed by atoms with van der Waals surface area (Å²) in [6.45, 7) is 2.78. The minimum atomic E-state index is -0.824. The fraction of sp³-hybridized carbons (Fsp3) is 0.300. The molecular weight excluding hydrogens is 380 g/mol. The van der Waals surface area contributed by atoms with Crippen molar-refractivity contribution < 1.29 is 28.7 Å². The number of ether oxygens (including phenoxy) is 3. The maximum absolute atomic E-state index is 12.2. The van der Waals surface area contributed by atoms with Crippen LogP contribution in [0.25, 0.3) is 0 Å². The zero-order valence-electron chi connectivity index (χ0n) is 16.6. The zero-order chi connectivity index (χ0) is 21.6. The molecule has 9 nitrogen and oxygen atoms in total. The molecule has 0 aliphatic rings. The number of rotatable bonds is 8. The number of carbonyl (C=O) groups excluding carboxylic acids is 2. The van der Waals surface area contributed by atoms with Gasteiger partial charge < -0.3 is 19.5 Å². The largest absolute Gasteiger partial charge is 0.497 e. The van der Waals surface area contributed by atoms with Crippen molar-refractivity contribution in [2.45, 2.75) is 19.9 Å². The average Bonchev–Trinajstić information content (AvgIpc) is 2.71. The molecule has 2 aromatic rings. The van der Waals surface area contributed by atoms with Crippen LogP contribution in [0, 0.1) is 17.0 Å². The molecule has 0 saturated carbocycles. The van der Waals surface area contributed by atoms with Crippen LogP contribution in [-0.4, -0.2) is 37.6 Å². The highest BCUT2D eigenvalue weighted by atomic mass is 16.6. The first-order valence-corrected chi connectivity index (χ1v) is 8.70. The maximum atomic E-state index is 12.2. The fourth-order valence-electron chi connectivity index (χ4n) is 2.69. The number of amides is 1. The first kappa shape index (κ1) is 21.7. The summed E-state index contributed by atoms with van der Waals surface area (Å²) in [5.41, 5.74) is 0.922. The van der Waals surface area contributed by atoms with E-state index in [9.17, 15) is 19.7 Å². The normalized spacial score (nSPS) is 11.3. The Kier molecular flexibility index (Phi) is 7.13. The number of benzene rings is 2. The summed E-state index contributed by atoms with van der Waals surface area (Å²) in [4.78, 5) is 34.7. The standard InChI is InChI=1S/C20H22N2O7/c1-12-5-6-14(9-17(12)22(25)26)20(24)29-11-19(23)21-13(2)16-10-15(27-3)7-8-18(16)28-4/h5-10,13H,11H2,1-4H3,(H,21,23)/t13-/m0/s1. The number of aryl methyl sites for hydroxylation is 1. The molecule has 2 rings (SSSR count). The predicted octanol–water partition coefficient (Wildman–Crippen LogP) is 2.95. The molecular formula is C20H22N2O7. The lowest BCUT2D eigenvalue weighted by atomic mass is 10.1. The highest BCUT2D eigenvalue weighted by Gasteiger charge is 2.19. The summed E-state index contributed by atoms with van der Waals surface area (Å²) in [6.07, 6.45) is 0. The van der Waals surface area contributed by atoms with E-state index < -0.39 is 29.4 Å². The molecule has 0 fully saturated rings. The van der Waals surface area contributed by atoms with Crippen LogP contribution in [0.1, 0.15) is 34.5 Å². The Hall–Kier alpha value is -3.62. The smallest absolute Gasteiger partial charge is 0.338 e. The van der Waals surface area contributed by atoms with Gasteiger partial charge in [-0.1, -0.05) is 6.07 Å². The van der Waals surface area contributed by atoms with E-state index in [1.54, 1.807) is 32.0 Å². The summed E-state index contributed by atoms with van der Waals surface area (Å²) < 4.78 is 15.5. The monoisotopic (exact) mass is 402 g/mol. The maximum Gasteiger partial charge on any atom is 0.338 e. The molecule has 0 aliphatic heterocycles. The quantitative estimate of drug-likeness (QED) is 0.410. The Morgan fingerprint density at radius 1 is 1.14 bits per heavy atom. The second kappa shape index (κ2) is 9.54. The van der Waals surface area contributed by atoms with Gasteiger partial charge >= 0.3 is 5.97 Å². The van der Waals surface area contributed by atoms with Gasteiger partial charge in [-0.15, -0.1) is 0 Å². The van der Waals surface area contributed by atoms with Crippen molar-refractivity contribution in [3.8, 4) is 11.5 Å². The average molecular weight is 402 g/mol. The van der Waals surface area contributed by atoms with Crippen molar-refractivity contribution >= 4 is 17.6 Å². The number of methoxy groups -OCH3 is 2. The van der Waals surface area contributed by atoms with Gasteiger partial charge in [0, 0.05) is 17.2 Å². The highest BCUT2D eigenvalue weighted by Crippen LogP contribution is 2.29. The third kappa shape index (κ3) is 5.44. The molecule has 0 aromatic heterocycles. The van der Waals surface area contributed by atoms with Crippen molar-refractivity contribution in [3.05, 3.63) is 63.2 Å². The minimum absolute atomic E-state index is 0.00221. The van der Waals surface area contributed by atoms with Crippen molar-refractivity contribution in [1.82, 2.24) is 5.32 Å². The Morgan fingerprint density at radius 3 is 2.48 bits per heavy atom. The van der Waals surface area contributed by atoms with Gasteiger partial charge in [0.2, 0.25) is 0 Å². The minimum Gasteiger partial charge on any atom is -0.497 e. The first-order valence-electron chi connectivity index (χ1n) is 8.70. The van der Waals surface area contributed by atoms with Gasteiger partial charge in [0.15, 0.2) is 6.61 Å². The molecule has 0 saturated heterocycles. The number of carbonyl (C=O) groups is 2. The molecule has 0 bridgehead atoms. The second-order valence-electron chi connectivity index (χ2n) is 6.23. The molecule has 0 heterocycles. The third-order valence-electron chi connectivity index (χ3n) is 4.26. The zero-order valence-corrected chi connectivity index (χ0v) is 16.6. The molecule has 9 heteroatoms. The number of hydrogen-bond acceptors (Lipinski definition) is 7. The number of hydrogen-bond donors (Lipinski definition) is 1.